The lowest BCUT2D eigenvalue weighted by Crippen LogP contribution is -2.35. The lowest BCUT2D eigenvalue weighted by molar-refractivity contribution is 0.115. The van der Waals surface area contributed by atoms with Crippen molar-refractivity contribution < 1.29 is 23.7 Å². The van der Waals surface area contributed by atoms with E-state index >= 15 is 0 Å². The molecule has 0 bridgehead atoms. The average Bonchev–Trinajstić information content (AvgIpc) is 2.45. The monoisotopic (exact) mass is 303 g/mol. The maximum atomic E-state index is 11.3. The number of amides is 1. The minimum atomic E-state index is -0.412. The van der Waals surface area contributed by atoms with E-state index in [1.54, 1.807) is 21.3 Å². The molecule has 1 saturated heterocycles. The van der Waals surface area contributed by atoms with Crippen LogP contribution in [0.15, 0.2) is 12.1 Å². The summed E-state index contributed by atoms with van der Waals surface area (Å²) in [5.74, 6) is 1.67. The van der Waals surface area contributed by atoms with E-state index in [0.717, 1.165) is 5.56 Å². The Balaban J connectivity index is 0.00000200. The van der Waals surface area contributed by atoms with Gasteiger partial charge in [0.05, 0.1) is 34.0 Å². The van der Waals surface area contributed by atoms with E-state index in [2.05, 4.69) is 5.32 Å². The van der Waals surface area contributed by atoms with Crippen LogP contribution in [0.5, 0.6) is 17.2 Å². The van der Waals surface area contributed by atoms with Crippen molar-refractivity contribution in [1.29, 1.82) is 0 Å². The molecule has 1 aromatic carbocycles. The highest BCUT2D eigenvalue weighted by Gasteiger charge is 2.23. The van der Waals surface area contributed by atoms with Crippen molar-refractivity contribution in [3.05, 3.63) is 17.7 Å². The molecule has 20 heavy (non-hydrogen) atoms. The van der Waals surface area contributed by atoms with Crippen LogP contribution in [0.4, 0.5) is 4.79 Å². The second kappa shape index (κ2) is 7.09. The van der Waals surface area contributed by atoms with Crippen LogP contribution < -0.4 is 19.5 Å². The molecule has 2 rings (SSSR count). The number of ether oxygens (including phenoxy) is 4. The Hall–Kier alpha value is -1.82. The van der Waals surface area contributed by atoms with E-state index < -0.39 is 6.09 Å². The van der Waals surface area contributed by atoms with E-state index in [1.165, 1.54) is 0 Å². The van der Waals surface area contributed by atoms with Crippen LogP contribution in [0.3, 0.4) is 0 Å². The summed E-state index contributed by atoms with van der Waals surface area (Å²) >= 11 is 0. The molecule has 6 nitrogen and oxygen atoms in total. The van der Waals surface area contributed by atoms with Gasteiger partial charge >= 0.3 is 6.09 Å². The van der Waals surface area contributed by atoms with Gasteiger partial charge in [-0.3, -0.25) is 0 Å². The standard InChI is InChI=1S/C13H17NO5.ClH/c1-16-10-6-8(7-11(17-2)12(10)18-3)9-4-5-19-13(15)14-9;/h6-7,9H,4-5H2,1-3H3,(H,14,15);1H/t9-;/m0./s1. The molecule has 1 aliphatic heterocycles. The van der Waals surface area contributed by atoms with Gasteiger partial charge in [-0.05, 0) is 17.7 Å². The molecule has 112 valence electrons. The minimum absolute atomic E-state index is 0. The first-order chi connectivity index (χ1) is 9.19. The molecule has 0 spiro atoms. The van der Waals surface area contributed by atoms with Crippen LogP contribution in [0.1, 0.15) is 18.0 Å². The Morgan fingerprint density at radius 2 is 1.75 bits per heavy atom. The van der Waals surface area contributed by atoms with Crippen molar-refractivity contribution in [2.24, 2.45) is 0 Å². The maximum absolute atomic E-state index is 11.3. The second-order valence-electron chi connectivity index (χ2n) is 4.08. The fraction of sp³-hybridized carbons (Fsp3) is 0.462. The highest BCUT2D eigenvalue weighted by molar-refractivity contribution is 5.85. The van der Waals surface area contributed by atoms with E-state index in [4.69, 9.17) is 18.9 Å². The molecule has 7 heteroatoms. The summed E-state index contributed by atoms with van der Waals surface area (Å²) in [4.78, 5) is 11.3. The third-order valence-electron chi connectivity index (χ3n) is 3.02. The van der Waals surface area contributed by atoms with Gasteiger partial charge in [0.15, 0.2) is 11.5 Å². The quantitative estimate of drug-likeness (QED) is 0.924. The number of halogens is 1. The number of rotatable bonds is 4. The maximum Gasteiger partial charge on any atom is 0.407 e. The molecule has 1 atom stereocenters. The number of hydrogen-bond acceptors (Lipinski definition) is 5. The fourth-order valence-electron chi connectivity index (χ4n) is 2.08. The molecule has 0 aromatic heterocycles. The van der Waals surface area contributed by atoms with Crippen molar-refractivity contribution in [2.75, 3.05) is 27.9 Å². The summed E-state index contributed by atoms with van der Waals surface area (Å²) < 4.78 is 20.7. The molecular formula is C13H18ClNO5. The summed E-state index contributed by atoms with van der Waals surface area (Å²) in [6, 6.07) is 3.55. The smallest absolute Gasteiger partial charge is 0.407 e. The van der Waals surface area contributed by atoms with Gasteiger partial charge in [-0.1, -0.05) is 0 Å². The molecule has 1 aromatic rings. The van der Waals surface area contributed by atoms with Crippen LogP contribution >= 0.6 is 12.4 Å². The van der Waals surface area contributed by atoms with Crippen LogP contribution in [-0.2, 0) is 4.74 Å². The van der Waals surface area contributed by atoms with Gasteiger partial charge in [0, 0.05) is 6.42 Å². The van der Waals surface area contributed by atoms with Gasteiger partial charge in [0.1, 0.15) is 0 Å². The number of alkyl carbamates (subject to hydrolysis) is 1. The molecule has 1 N–H and O–H groups in total. The van der Waals surface area contributed by atoms with E-state index in [0.29, 0.717) is 30.3 Å². The third kappa shape index (κ3) is 3.19. The zero-order chi connectivity index (χ0) is 13.8. The van der Waals surface area contributed by atoms with Gasteiger partial charge in [-0.15, -0.1) is 12.4 Å². The van der Waals surface area contributed by atoms with Crippen molar-refractivity contribution in [1.82, 2.24) is 5.32 Å². The Morgan fingerprint density at radius 3 is 2.20 bits per heavy atom. The lowest BCUT2D eigenvalue weighted by Gasteiger charge is -2.25. The SMILES string of the molecule is COc1cc([C@@H]2CCOC(=O)N2)cc(OC)c1OC.Cl. The normalized spacial score (nSPS) is 17.4. The number of nitrogens with one attached hydrogen (secondary N) is 1. The third-order valence-corrected chi connectivity index (χ3v) is 3.02. The van der Waals surface area contributed by atoms with Gasteiger partial charge in [0.25, 0.3) is 0 Å². The largest absolute Gasteiger partial charge is 0.493 e. The first-order valence-corrected chi connectivity index (χ1v) is 5.92. The van der Waals surface area contributed by atoms with Gasteiger partial charge in [-0.2, -0.15) is 0 Å². The topological polar surface area (TPSA) is 66.0 Å². The number of cyclic esters (lactones) is 1. The predicted octanol–water partition coefficient (Wildman–Crippen LogP) is 2.31. The first-order valence-electron chi connectivity index (χ1n) is 5.92. The predicted molar refractivity (Wildman–Crippen MR) is 75.2 cm³/mol. The minimum Gasteiger partial charge on any atom is -0.493 e. The summed E-state index contributed by atoms with van der Waals surface area (Å²) in [5.41, 5.74) is 0.895. The van der Waals surface area contributed by atoms with Crippen LogP contribution in [0.25, 0.3) is 0 Å². The van der Waals surface area contributed by atoms with E-state index in [9.17, 15) is 4.79 Å². The number of carbonyl (C=O) groups is 1. The molecule has 0 radical (unpaired) electrons. The zero-order valence-electron chi connectivity index (χ0n) is 11.6. The summed E-state index contributed by atoms with van der Waals surface area (Å²) in [7, 11) is 4.67. The van der Waals surface area contributed by atoms with Crippen molar-refractivity contribution in [3.8, 4) is 17.2 Å². The number of carbonyl (C=O) groups excluding carboxylic acids is 1. The molecule has 1 aliphatic rings. The Bertz CT molecular complexity index is 455. The zero-order valence-corrected chi connectivity index (χ0v) is 12.4. The molecule has 1 amide bonds. The van der Waals surface area contributed by atoms with Gasteiger partial charge in [-0.25, -0.2) is 4.79 Å². The molecule has 0 saturated carbocycles. The van der Waals surface area contributed by atoms with Crippen LogP contribution in [0, 0.1) is 0 Å². The fourth-order valence-corrected chi connectivity index (χ4v) is 2.08. The van der Waals surface area contributed by atoms with Crippen LogP contribution in [0.2, 0.25) is 0 Å². The summed E-state index contributed by atoms with van der Waals surface area (Å²) in [5, 5.41) is 2.76. The molecule has 0 unspecified atom stereocenters. The first kappa shape index (κ1) is 16.2. The number of hydrogen-bond donors (Lipinski definition) is 1. The summed E-state index contributed by atoms with van der Waals surface area (Å²) in [6.07, 6.45) is 0.287. The van der Waals surface area contributed by atoms with Crippen molar-refractivity contribution in [3.63, 3.8) is 0 Å². The van der Waals surface area contributed by atoms with Crippen LogP contribution in [-0.4, -0.2) is 34.0 Å². The summed E-state index contributed by atoms with van der Waals surface area (Å²) in [6.45, 7) is 0.396. The van der Waals surface area contributed by atoms with Gasteiger partial charge in [0.2, 0.25) is 5.75 Å². The second-order valence-corrected chi connectivity index (χ2v) is 4.08. The van der Waals surface area contributed by atoms with E-state index in [-0.39, 0.29) is 18.4 Å². The van der Waals surface area contributed by atoms with Crippen molar-refractivity contribution in [2.45, 2.75) is 12.5 Å². The van der Waals surface area contributed by atoms with E-state index in [1.807, 2.05) is 12.1 Å². The Morgan fingerprint density at radius 1 is 1.15 bits per heavy atom. The Labute approximate surface area is 123 Å². The lowest BCUT2D eigenvalue weighted by atomic mass is 10.0. The molecular weight excluding hydrogens is 286 g/mol. The number of benzene rings is 1. The molecule has 1 fully saturated rings. The molecule has 1 heterocycles. The highest BCUT2D eigenvalue weighted by atomic mass is 35.5. The molecule has 0 aliphatic carbocycles. The average molecular weight is 304 g/mol. The van der Waals surface area contributed by atoms with Crippen molar-refractivity contribution >= 4 is 18.5 Å². The Kier molecular flexibility index (Phi) is 5.76. The highest BCUT2D eigenvalue weighted by Crippen LogP contribution is 2.40. The van der Waals surface area contributed by atoms with Gasteiger partial charge < -0.3 is 24.3 Å². The number of methoxy groups -OCH3 is 3.